The van der Waals surface area contributed by atoms with E-state index in [2.05, 4.69) is 57.5 Å². The fourth-order valence-corrected chi connectivity index (χ4v) is 10.1. The van der Waals surface area contributed by atoms with Crippen LogP contribution >= 0.6 is 15.9 Å². The summed E-state index contributed by atoms with van der Waals surface area (Å²) in [5, 5.41) is 0. The summed E-state index contributed by atoms with van der Waals surface area (Å²) in [6.07, 6.45) is 1.83. The molecule has 0 unspecified atom stereocenters. The molecule has 4 nitrogen and oxygen atoms in total. The second-order valence-electron chi connectivity index (χ2n) is 8.34. The van der Waals surface area contributed by atoms with Crippen molar-refractivity contribution in [1.29, 1.82) is 0 Å². The minimum absolute atomic E-state index is 0.314. The number of rotatable bonds is 10. The van der Waals surface area contributed by atoms with Crippen LogP contribution in [-0.2, 0) is 20.6 Å². The molecule has 0 fully saturated rings. The van der Waals surface area contributed by atoms with E-state index in [1.807, 2.05) is 18.2 Å². The van der Waals surface area contributed by atoms with Gasteiger partial charge in [0, 0.05) is 10.0 Å². The SMILES string of the molecule is CCOC(=O)/C(C)=C/c1cc(OC)cc(CO[Si](C(C)C)(C(C)C)C(C)C)c1Br. The first-order valence-electron chi connectivity index (χ1n) is 10.4. The first kappa shape index (κ1) is 25.9. The fraction of sp³-hybridized carbons (Fsp3) is 0.609. The lowest BCUT2D eigenvalue weighted by Gasteiger charge is -2.42. The zero-order valence-corrected chi connectivity index (χ0v) is 22.0. The smallest absolute Gasteiger partial charge is 0.333 e. The minimum Gasteiger partial charge on any atom is -0.497 e. The van der Waals surface area contributed by atoms with E-state index in [4.69, 9.17) is 13.9 Å². The maximum atomic E-state index is 12.0. The molecule has 0 saturated carbocycles. The van der Waals surface area contributed by atoms with Gasteiger partial charge in [0.25, 0.3) is 0 Å². The van der Waals surface area contributed by atoms with Gasteiger partial charge >= 0.3 is 5.97 Å². The topological polar surface area (TPSA) is 44.8 Å². The Balaban J connectivity index is 3.32. The van der Waals surface area contributed by atoms with E-state index in [9.17, 15) is 4.79 Å². The molecule has 0 amide bonds. The molecule has 0 spiro atoms. The molecule has 0 aliphatic carbocycles. The number of ether oxygens (including phenoxy) is 2. The predicted molar refractivity (Wildman–Crippen MR) is 127 cm³/mol. The molecule has 0 saturated heterocycles. The second kappa shape index (κ2) is 11.3. The standard InChI is InChI=1S/C23H37BrO4Si/c1-10-27-23(25)18(8)11-19-12-21(26-9)13-20(22(19)24)14-28-29(15(2)3,16(4)5)17(6)7/h11-13,15-17H,10,14H2,1-9H3/b18-11+. The van der Waals surface area contributed by atoms with Crippen LogP contribution in [0.2, 0.25) is 16.6 Å². The van der Waals surface area contributed by atoms with Crippen molar-refractivity contribution in [3.05, 3.63) is 33.3 Å². The number of methoxy groups -OCH3 is 1. The van der Waals surface area contributed by atoms with Crippen LogP contribution in [-0.4, -0.2) is 28.0 Å². The average molecular weight is 486 g/mol. The molecule has 164 valence electrons. The lowest BCUT2D eigenvalue weighted by atomic mass is 10.1. The molecular formula is C23H37BrO4Si. The number of benzene rings is 1. The number of halogens is 1. The Bertz CT molecular complexity index is 704. The van der Waals surface area contributed by atoms with Gasteiger partial charge in [-0.25, -0.2) is 4.79 Å². The molecule has 29 heavy (non-hydrogen) atoms. The second-order valence-corrected chi connectivity index (χ2v) is 14.6. The van der Waals surface area contributed by atoms with Crippen molar-refractivity contribution in [1.82, 2.24) is 0 Å². The molecular weight excluding hydrogens is 448 g/mol. The Hall–Kier alpha value is -1.11. The van der Waals surface area contributed by atoms with Gasteiger partial charge in [-0.15, -0.1) is 0 Å². The Labute approximate surface area is 186 Å². The first-order valence-corrected chi connectivity index (χ1v) is 13.3. The first-order chi connectivity index (χ1) is 13.5. The van der Waals surface area contributed by atoms with Crippen LogP contribution in [0.25, 0.3) is 6.08 Å². The van der Waals surface area contributed by atoms with Crippen LogP contribution < -0.4 is 4.74 Å². The third-order valence-corrected chi connectivity index (χ3v) is 12.6. The van der Waals surface area contributed by atoms with Gasteiger partial charge in [-0.1, -0.05) is 41.5 Å². The van der Waals surface area contributed by atoms with Gasteiger partial charge in [0.15, 0.2) is 0 Å². The maximum absolute atomic E-state index is 12.0. The summed E-state index contributed by atoms with van der Waals surface area (Å²) in [5.41, 5.74) is 3.97. The van der Waals surface area contributed by atoms with E-state index in [0.29, 0.717) is 35.4 Å². The molecule has 1 rings (SSSR count). The highest BCUT2D eigenvalue weighted by Gasteiger charge is 2.45. The van der Waals surface area contributed by atoms with Crippen LogP contribution in [0, 0.1) is 0 Å². The van der Waals surface area contributed by atoms with Crippen LogP contribution in [0.1, 0.15) is 66.5 Å². The van der Waals surface area contributed by atoms with Gasteiger partial charge < -0.3 is 13.9 Å². The van der Waals surface area contributed by atoms with E-state index in [1.54, 1.807) is 21.0 Å². The number of hydrogen-bond donors (Lipinski definition) is 0. The molecule has 0 radical (unpaired) electrons. The highest BCUT2D eigenvalue weighted by Crippen LogP contribution is 2.43. The Morgan fingerprint density at radius 3 is 2.10 bits per heavy atom. The van der Waals surface area contributed by atoms with Gasteiger partial charge in [-0.05, 0) is 75.7 Å². The summed E-state index contributed by atoms with van der Waals surface area (Å²) in [5.74, 6) is 0.423. The number of carbonyl (C=O) groups is 1. The summed E-state index contributed by atoms with van der Waals surface area (Å²) >= 11 is 3.72. The lowest BCUT2D eigenvalue weighted by molar-refractivity contribution is -0.138. The molecule has 0 heterocycles. The van der Waals surface area contributed by atoms with Gasteiger partial charge in [0.2, 0.25) is 8.32 Å². The van der Waals surface area contributed by atoms with Gasteiger partial charge in [-0.2, -0.15) is 0 Å². The fourth-order valence-electron chi connectivity index (χ4n) is 4.25. The van der Waals surface area contributed by atoms with Crippen molar-refractivity contribution >= 4 is 36.3 Å². The van der Waals surface area contributed by atoms with Crippen molar-refractivity contribution in [2.75, 3.05) is 13.7 Å². The van der Waals surface area contributed by atoms with E-state index in [1.165, 1.54) is 0 Å². The number of esters is 1. The normalized spacial score (nSPS) is 12.8. The summed E-state index contributed by atoms with van der Waals surface area (Å²) in [6, 6.07) is 3.91. The van der Waals surface area contributed by atoms with Crippen molar-refractivity contribution in [3.63, 3.8) is 0 Å². The molecule has 0 aliphatic heterocycles. The van der Waals surface area contributed by atoms with E-state index in [-0.39, 0.29) is 5.97 Å². The van der Waals surface area contributed by atoms with Crippen molar-refractivity contribution in [3.8, 4) is 5.75 Å². The van der Waals surface area contributed by atoms with Crippen molar-refractivity contribution in [2.24, 2.45) is 0 Å². The summed E-state index contributed by atoms with van der Waals surface area (Å²) in [4.78, 5) is 12.0. The molecule has 0 aliphatic rings. The zero-order valence-electron chi connectivity index (χ0n) is 19.4. The summed E-state index contributed by atoms with van der Waals surface area (Å²) in [6.45, 7) is 18.1. The van der Waals surface area contributed by atoms with Crippen molar-refractivity contribution in [2.45, 2.75) is 78.6 Å². The average Bonchev–Trinajstić information content (AvgIpc) is 2.63. The minimum atomic E-state index is -1.99. The molecule has 1 aromatic rings. The Morgan fingerprint density at radius 1 is 1.10 bits per heavy atom. The van der Waals surface area contributed by atoms with Crippen molar-refractivity contribution < 1.29 is 18.7 Å². The van der Waals surface area contributed by atoms with Gasteiger partial charge in [0.1, 0.15) is 5.75 Å². The lowest BCUT2D eigenvalue weighted by Crippen LogP contribution is -2.47. The third kappa shape index (κ3) is 6.19. The van der Waals surface area contributed by atoms with E-state index in [0.717, 1.165) is 21.3 Å². The highest BCUT2D eigenvalue weighted by molar-refractivity contribution is 9.10. The van der Waals surface area contributed by atoms with Crippen LogP contribution in [0.5, 0.6) is 5.75 Å². The largest absolute Gasteiger partial charge is 0.497 e. The zero-order chi connectivity index (χ0) is 22.4. The summed E-state index contributed by atoms with van der Waals surface area (Å²) in [7, 11) is -0.342. The molecule has 1 aromatic carbocycles. The number of hydrogen-bond acceptors (Lipinski definition) is 4. The molecule has 0 bridgehead atoms. The van der Waals surface area contributed by atoms with E-state index < -0.39 is 8.32 Å². The molecule has 6 heteroatoms. The molecule has 0 atom stereocenters. The Kier molecular flexibility index (Phi) is 10.1. The van der Waals surface area contributed by atoms with Crippen LogP contribution in [0.15, 0.2) is 22.2 Å². The van der Waals surface area contributed by atoms with Crippen LogP contribution in [0.3, 0.4) is 0 Å². The molecule has 0 N–H and O–H groups in total. The predicted octanol–water partition coefficient (Wildman–Crippen LogP) is 7.12. The third-order valence-electron chi connectivity index (χ3n) is 5.54. The quantitative estimate of drug-likeness (QED) is 0.201. The molecule has 0 aromatic heterocycles. The highest BCUT2D eigenvalue weighted by atomic mass is 79.9. The Morgan fingerprint density at radius 2 is 1.66 bits per heavy atom. The van der Waals surface area contributed by atoms with E-state index >= 15 is 0 Å². The number of carbonyl (C=O) groups excluding carboxylic acids is 1. The summed E-state index contributed by atoms with van der Waals surface area (Å²) < 4.78 is 18.3. The van der Waals surface area contributed by atoms with Gasteiger partial charge in [0.05, 0.1) is 20.3 Å². The monoisotopic (exact) mass is 484 g/mol. The van der Waals surface area contributed by atoms with Crippen LogP contribution in [0.4, 0.5) is 0 Å². The van der Waals surface area contributed by atoms with Gasteiger partial charge in [-0.3, -0.25) is 0 Å². The maximum Gasteiger partial charge on any atom is 0.333 e.